The third kappa shape index (κ3) is 3.36. The first kappa shape index (κ1) is 14.1. The Kier molecular flexibility index (Phi) is 4.85. The normalized spacial score (nSPS) is 26.4. The van der Waals surface area contributed by atoms with Gasteiger partial charge in [-0.15, -0.1) is 0 Å². The van der Waals surface area contributed by atoms with E-state index in [2.05, 4.69) is 32.6 Å². The minimum atomic E-state index is 0.395. The molecule has 0 aromatic heterocycles. The van der Waals surface area contributed by atoms with Gasteiger partial charge >= 0.3 is 117 Å². The molecule has 0 aromatic carbocycles. The van der Waals surface area contributed by atoms with Gasteiger partial charge in [0.15, 0.2) is 0 Å². The van der Waals surface area contributed by atoms with Crippen LogP contribution >= 0.6 is 0 Å². The van der Waals surface area contributed by atoms with Crippen molar-refractivity contribution in [3.63, 3.8) is 0 Å². The molecule has 0 aromatic rings. The molecule has 102 valence electrons. The van der Waals surface area contributed by atoms with Gasteiger partial charge in [-0.2, -0.15) is 0 Å². The topological polar surface area (TPSA) is 28.0 Å². The van der Waals surface area contributed by atoms with Crippen LogP contribution in [0.15, 0.2) is 9.98 Å². The molecule has 0 unspecified atom stereocenters. The summed E-state index contributed by atoms with van der Waals surface area (Å²) in [6, 6.07) is 1.50. The Morgan fingerprint density at radius 2 is 1.72 bits per heavy atom. The third-order valence-corrected chi connectivity index (χ3v) is 5.38. The van der Waals surface area contributed by atoms with Gasteiger partial charge < -0.3 is 0 Å². The standard InChI is InChI=1S/C14H25N3Se/c1-10(2)15-13-17(11(3)4)14(18-13)16-12-8-6-5-7-9-12/h10-12H,5-9H2,1-4H3. The molecular weight excluding hydrogens is 289 g/mol. The minimum absolute atomic E-state index is 0.395. The van der Waals surface area contributed by atoms with E-state index in [1.54, 1.807) is 0 Å². The van der Waals surface area contributed by atoms with Crippen molar-refractivity contribution in [2.75, 3.05) is 0 Å². The zero-order valence-corrected chi connectivity index (χ0v) is 13.7. The summed E-state index contributed by atoms with van der Waals surface area (Å²) in [6.45, 7) is 8.78. The van der Waals surface area contributed by atoms with Crippen LogP contribution in [0.2, 0.25) is 0 Å². The van der Waals surface area contributed by atoms with Gasteiger partial charge in [-0.05, 0) is 0 Å². The molecule has 0 spiro atoms. The van der Waals surface area contributed by atoms with Crippen molar-refractivity contribution in [1.82, 2.24) is 4.90 Å². The van der Waals surface area contributed by atoms with Crippen molar-refractivity contribution < 1.29 is 0 Å². The van der Waals surface area contributed by atoms with Crippen molar-refractivity contribution in [2.45, 2.75) is 77.9 Å². The SMILES string of the molecule is CC(C)N=C1[Se]C(=NC2CCCCC2)N1C(C)C. The average molecular weight is 314 g/mol. The predicted molar refractivity (Wildman–Crippen MR) is 79.6 cm³/mol. The molecule has 0 atom stereocenters. The van der Waals surface area contributed by atoms with Gasteiger partial charge in [0.25, 0.3) is 0 Å². The number of hydrogen-bond donors (Lipinski definition) is 0. The molecule has 2 fully saturated rings. The van der Waals surface area contributed by atoms with Crippen LogP contribution in [0.25, 0.3) is 0 Å². The first-order valence-corrected chi connectivity index (χ1v) is 8.92. The van der Waals surface area contributed by atoms with Gasteiger partial charge in [0.2, 0.25) is 0 Å². The van der Waals surface area contributed by atoms with E-state index in [1.807, 2.05) is 0 Å². The molecular formula is C14H25N3Se. The molecule has 0 bridgehead atoms. The Labute approximate surface area is 117 Å². The predicted octanol–water partition coefficient (Wildman–Crippen LogP) is 2.87. The number of aliphatic imine (C=N–C) groups is 2. The summed E-state index contributed by atoms with van der Waals surface area (Å²) in [5.74, 6) is 0. The molecule has 4 heteroatoms. The Hall–Kier alpha value is -0.341. The number of nitrogens with zero attached hydrogens (tertiary/aromatic N) is 3. The van der Waals surface area contributed by atoms with Crippen LogP contribution < -0.4 is 0 Å². The van der Waals surface area contributed by atoms with Crippen molar-refractivity contribution in [3.05, 3.63) is 0 Å². The average Bonchev–Trinajstić information content (AvgIpc) is 2.27. The van der Waals surface area contributed by atoms with Crippen LogP contribution in [0.1, 0.15) is 59.8 Å². The van der Waals surface area contributed by atoms with Crippen LogP contribution in [0.5, 0.6) is 0 Å². The second-order valence-corrected chi connectivity index (χ2v) is 7.74. The molecule has 1 heterocycles. The van der Waals surface area contributed by atoms with Gasteiger partial charge in [0.05, 0.1) is 0 Å². The summed E-state index contributed by atoms with van der Waals surface area (Å²) < 4.78 is 2.63. The third-order valence-electron chi connectivity index (χ3n) is 3.35. The van der Waals surface area contributed by atoms with E-state index < -0.39 is 0 Å². The van der Waals surface area contributed by atoms with Gasteiger partial charge in [0, 0.05) is 0 Å². The van der Waals surface area contributed by atoms with Gasteiger partial charge in [0.1, 0.15) is 0 Å². The Morgan fingerprint density at radius 3 is 2.28 bits per heavy atom. The second-order valence-electron chi connectivity index (χ2n) is 5.77. The van der Waals surface area contributed by atoms with E-state index in [9.17, 15) is 0 Å². The molecule has 0 N–H and O–H groups in total. The molecule has 1 saturated heterocycles. The van der Waals surface area contributed by atoms with Crippen molar-refractivity contribution in [1.29, 1.82) is 0 Å². The second kappa shape index (κ2) is 6.20. The fraction of sp³-hybridized carbons (Fsp3) is 0.857. The zero-order chi connectivity index (χ0) is 13.1. The number of hydrogen-bond acceptors (Lipinski definition) is 2. The summed E-state index contributed by atoms with van der Waals surface area (Å²) in [7, 11) is 0. The Bertz CT molecular complexity index is 341. The maximum atomic E-state index is 4.99. The number of amidine groups is 2. The molecule has 1 saturated carbocycles. The first-order valence-electron chi connectivity index (χ1n) is 7.20. The van der Waals surface area contributed by atoms with Gasteiger partial charge in [-0.1, -0.05) is 0 Å². The van der Waals surface area contributed by atoms with Crippen LogP contribution in [0.4, 0.5) is 0 Å². The van der Waals surface area contributed by atoms with E-state index >= 15 is 0 Å². The Balaban J connectivity index is 2.03. The fourth-order valence-electron chi connectivity index (χ4n) is 2.43. The molecule has 2 rings (SSSR count). The van der Waals surface area contributed by atoms with Crippen molar-refractivity contribution in [2.24, 2.45) is 9.98 Å². The molecule has 0 amide bonds. The van der Waals surface area contributed by atoms with Crippen molar-refractivity contribution in [3.8, 4) is 0 Å². The summed E-state index contributed by atoms with van der Waals surface area (Å²) in [4.78, 5) is 12.1. The quantitative estimate of drug-likeness (QED) is 0.736. The molecule has 2 aliphatic rings. The summed E-state index contributed by atoms with van der Waals surface area (Å²) in [5, 5.41) is 0. The van der Waals surface area contributed by atoms with Crippen molar-refractivity contribution >= 4 is 24.4 Å². The number of rotatable bonds is 3. The van der Waals surface area contributed by atoms with Crippen LogP contribution in [-0.2, 0) is 0 Å². The van der Waals surface area contributed by atoms with Crippen LogP contribution in [0.3, 0.4) is 0 Å². The van der Waals surface area contributed by atoms with E-state index in [0.717, 1.165) is 0 Å². The molecule has 18 heavy (non-hydrogen) atoms. The molecule has 1 aliphatic carbocycles. The maximum absolute atomic E-state index is 4.99. The molecule has 3 nitrogen and oxygen atoms in total. The summed E-state index contributed by atoms with van der Waals surface area (Å²) in [6.07, 6.45) is 6.72. The monoisotopic (exact) mass is 315 g/mol. The van der Waals surface area contributed by atoms with E-state index in [-0.39, 0.29) is 0 Å². The summed E-state index contributed by atoms with van der Waals surface area (Å²) >= 11 is 0.395. The fourth-order valence-corrected chi connectivity index (χ4v) is 5.13. The van der Waals surface area contributed by atoms with Gasteiger partial charge in [-0.3, -0.25) is 0 Å². The van der Waals surface area contributed by atoms with Crippen LogP contribution in [-0.4, -0.2) is 47.5 Å². The molecule has 0 radical (unpaired) electrons. The first-order chi connectivity index (χ1) is 8.58. The van der Waals surface area contributed by atoms with Gasteiger partial charge in [-0.25, -0.2) is 0 Å². The van der Waals surface area contributed by atoms with E-state index in [1.165, 1.54) is 41.6 Å². The zero-order valence-electron chi connectivity index (χ0n) is 12.0. The van der Waals surface area contributed by atoms with E-state index in [0.29, 0.717) is 33.1 Å². The molecule has 1 aliphatic heterocycles. The van der Waals surface area contributed by atoms with E-state index in [4.69, 9.17) is 9.98 Å². The summed E-state index contributed by atoms with van der Waals surface area (Å²) in [5.41, 5.74) is 0. The Morgan fingerprint density at radius 1 is 1.06 bits per heavy atom. The van der Waals surface area contributed by atoms with Crippen LogP contribution in [0, 0.1) is 0 Å².